The van der Waals surface area contributed by atoms with E-state index < -0.39 is 17.7 Å². The molecule has 0 radical (unpaired) electrons. The van der Waals surface area contributed by atoms with E-state index in [2.05, 4.69) is 10.3 Å². The number of hydrogen-bond donors (Lipinski definition) is 2. The van der Waals surface area contributed by atoms with Crippen LogP contribution >= 0.6 is 0 Å². The van der Waals surface area contributed by atoms with Gasteiger partial charge in [0.2, 0.25) is 5.88 Å². The summed E-state index contributed by atoms with van der Waals surface area (Å²) in [6.07, 6.45) is 5.91. The van der Waals surface area contributed by atoms with Gasteiger partial charge in [-0.25, -0.2) is 14.2 Å². The van der Waals surface area contributed by atoms with Gasteiger partial charge in [-0.05, 0) is 60.2 Å². The van der Waals surface area contributed by atoms with Crippen molar-refractivity contribution in [1.29, 1.82) is 0 Å². The zero-order valence-corrected chi connectivity index (χ0v) is 17.4. The molecule has 4 rings (SSSR count). The quantitative estimate of drug-likeness (QED) is 0.527. The van der Waals surface area contributed by atoms with Crippen LogP contribution in [-0.4, -0.2) is 22.0 Å². The minimum atomic E-state index is -1.02. The van der Waals surface area contributed by atoms with Gasteiger partial charge in [-0.3, -0.25) is 4.79 Å². The summed E-state index contributed by atoms with van der Waals surface area (Å²) < 4.78 is 19.6. The number of pyridine rings is 1. The number of carbonyl (C=O) groups excluding carboxylic acids is 1. The summed E-state index contributed by atoms with van der Waals surface area (Å²) in [4.78, 5) is 27.6. The van der Waals surface area contributed by atoms with Gasteiger partial charge < -0.3 is 15.2 Å². The molecule has 0 aliphatic heterocycles. The third kappa shape index (κ3) is 5.11. The van der Waals surface area contributed by atoms with Crippen molar-refractivity contribution < 1.29 is 23.8 Å². The zero-order valence-electron chi connectivity index (χ0n) is 17.4. The minimum Gasteiger partial charge on any atom is -0.478 e. The molecular weight excluding hydrogens is 411 g/mol. The fourth-order valence-corrected chi connectivity index (χ4v) is 3.89. The molecule has 0 spiro atoms. The Morgan fingerprint density at radius 1 is 1.06 bits per heavy atom. The van der Waals surface area contributed by atoms with Crippen molar-refractivity contribution in [3.8, 4) is 11.6 Å². The monoisotopic (exact) mass is 434 g/mol. The van der Waals surface area contributed by atoms with E-state index in [0.717, 1.165) is 12.3 Å². The number of amides is 1. The van der Waals surface area contributed by atoms with Crippen LogP contribution in [0.3, 0.4) is 0 Å². The first-order valence-electron chi connectivity index (χ1n) is 10.5. The molecule has 1 aromatic heterocycles. The van der Waals surface area contributed by atoms with Crippen LogP contribution in [0.1, 0.15) is 63.4 Å². The van der Waals surface area contributed by atoms with Gasteiger partial charge >= 0.3 is 5.97 Å². The number of carbonyl (C=O) groups is 2. The SMILES string of the molecule is O=C(O)c1ccc(CNC(=O)c2cc(F)cnc2Oc2ccc(C3CCCC3)cc2)cc1. The molecule has 0 unspecified atom stereocenters. The van der Waals surface area contributed by atoms with Gasteiger partial charge in [-0.2, -0.15) is 0 Å². The Bertz CT molecular complexity index is 1110. The summed E-state index contributed by atoms with van der Waals surface area (Å²) in [5, 5.41) is 11.7. The molecule has 1 saturated carbocycles. The fourth-order valence-electron chi connectivity index (χ4n) is 3.89. The maximum atomic E-state index is 13.8. The Morgan fingerprint density at radius 3 is 2.41 bits per heavy atom. The summed E-state index contributed by atoms with van der Waals surface area (Å²) in [7, 11) is 0. The van der Waals surface area contributed by atoms with Crippen molar-refractivity contribution in [3.63, 3.8) is 0 Å². The summed E-state index contributed by atoms with van der Waals surface area (Å²) in [6, 6.07) is 14.9. The van der Waals surface area contributed by atoms with Crippen molar-refractivity contribution in [2.45, 2.75) is 38.1 Å². The number of nitrogens with zero attached hydrogens (tertiary/aromatic N) is 1. The molecule has 6 nitrogen and oxygen atoms in total. The second-order valence-corrected chi connectivity index (χ2v) is 7.84. The first kappa shape index (κ1) is 21.5. The molecule has 0 atom stereocenters. The molecule has 7 heteroatoms. The van der Waals surface area contributed by atoms with Gasteiger partial charge in [-0.1, -0.05) is 37.1 Å². The number of nitrogens with one attached hydrogen (secondary N) is 1. The normalized spacial score (nSPS) is 13.7. The predicted molar refractivity (Wildman–Crippen MR) is 116 cm³/mol. The van der Waals surface area contributed by atoms with Gasteiger partial charge in [-0.15, -0.1) is 0 Å². The van der Waals surface area contributed by atoms with Crippen molar-refractivity contribution in [3.05, 3.63) is 88.9 Å². The van der Waals surface area contributed by atoms with Gasteiger partial charge in [0, 0.05) is 6.54 Å². The highest BCUT2D eigenvalue weighted by molar-refractivity contribution is 5.96. The first-order valence-corrected chi connectivity index (χ1v) is 10.5. The summed E-state index contributed by atoms with van der Waals surface area (Å²) in [6.45, 7) is 0.144. The number of carboxylic acid groups (broad SMARTS) is 1. The van der Waals surface area contributed by atoms with Crippen LogP contribution in [-0.2, 0) is 6.54 Å². The Hall–Kier alpha value is -3.74. The maximum Gasteiger partial charge on any atom is 0.335 e. The van der Waals surface area contributed by atoms with Crippen LogP contribution in [0.4, 0.5) is 4.39 Å². The van der Waals surface area contributed by atoms with E-state index in [-0.39, 0.29) is 23.6 Å². The predicted octanol–water partition coefficient (Wildman–Crippen LogP) is 5.30. The average Bonchev–Trinajstić information content (AvgIpc) is 3.34. The fraction of sp³-hybridized carbons (Fsp3) is 0.240. The van der Waals surface area contributed by atoms with Crippen molar-refractivity contribution in [1.82, 2.24) is 10.3 Å². The number of hydrogen-bond acceptors (Lipinski definition) is 4. The maximum absolute atomic E-state index is 13.8. The molecular formula is C25H23FN2O4. The van der Waals surface area contributed by atoms with E-state index in [9.17, 15) is 14.0 Å². The van der Waals surface area contributed by atoms with Gasteiger partial charge in [0.05, 0.1) is 11.8 Å². The molecule has 1 fully saturated rings. The molecule has 3 aromatic rings. The Morgan fingerprint density at radius 2 is 1.75 bits per heavy atom. The molecule has 2 N–H and O–H groups in total. The van der Waals surface area contributed by atoms with Gasteiger partial charge in [0.25, 0.3) is 5.91 Å². The third-order valence-electron chi connectivity index (χ3n) is 5.64. The summed E-state index contributed by atoms with van der Waals surface area (Å²) in [5.41, 5.74) is 2.11. The Labute approximate surface area is 185 Å². The van der Waals surface area contributed by atoms with E-state index in [4.69, 9.17) is 9.84 Å². The van der Waals surface area contributed by atoms with Crippen LogP contribution in [0.5, 0.6) is 11.6 Å². The second kappa shape index (κ2) is 9.60. The van der Waals surface area contributed by atoms with Crippen molar-refractivity contribution in [2.75, 3.05) is 0 Å². The van der Waals surface area contributed by atoms with E-state index in [1.54, 1.807) is 12.1 Å². The van der Waals surface area contributed by atoms with Crippen molar-refractivity contribution in [2.24, 2.45) is 0 Å². The highest BCUT2D eigenvalue weighted by atomic mass is 19.1. The van der Waals surface area contributed by atoms with Gasteiger partial charge in [0.15, 0.2) is 0 Å². The molecule has 32 heavy (non-hydrogen) atoms. The molecule has 1 aliphatic rings. The molecule has 0 saturated heterocycles. The lowest BCUT2D eigenvalue weighted by Gasteiger charge is -2.13. The average molecular weight is 434 g/mol. The van der Waals surface area contributed by atoms with Crippen LogP contribution in [0.2, 0.25) is 0 Å². The molecule has 1 heterocycles. The summed E-state index contributed by atoms with van der Waals surface area (Å²) in [5.74, 6) is -1.10. The molecule has 1 aliphatic carbocycles. The van der Waals surface area contributed by atoms with Crippen LogP contribution < -0.4 is 10.1 Å². The van der Waals surface area contributed by atoms with Crippen LogP contribution in [0, 0.1) is 5.82 Å². The Kier molecular flexibility index (Phi) is 6.44. The number of aromatic carboxylic acids is 1. The minimum absolute atomic E-state index is 0.0127. The van der Waals surface area contributed by atoms with E-state index >= 15 is 0 Å². The Balaban J connectivity index is 1.45. The molecule has 164 valence electrons. The van der Waals surface area contributed by atoms with E-state index in [1.807, 2.05) is 24.3 Å². The number of rotatable bonds is 7. The lowest BCUT2D eigenvalue weighted by Crippen LogP contribution is -2.23. The lowest BCUT2D eigenvalue weighted by atomic mass is 9.98. The molecule has 2 aromatic carbocycles. The standard InChI is InChI=1S/C25H23FN2O4/c26-20-13-22(23(29)27-14-16-5-7-19(8-6-16)25(30)31)24(28-15-20)32-21-11-9-18(10-12-21)17-3-1-2-4-17/h5-13,15,17H,1-4,14H2,(H,27,29)(H,30,31). The van der Waals surface area contributed by atoms with Crippen molar-refractivity contribution >= 4 is 11.9 Å². The van der Waals surface area contributed by atoms with E-state index in [0.29, 0.717) is 17.2 Å². The number of ether oxygens (including phenoxy) is 1. The lowest BCUT2D eigenvalue weighted by molar-refractivity contribution is 0.0696. The highest BCUT2D eigenvalue weighted by Gasteiger charge is 2.19. The van der Waals surface area contributed by atoms with Gasteiger partial charge in [0.1, 0.15) is 17.1 Å². The van der Waals surface area contributed by atoms with Crippen LogP contribution in [0.15, 0.2) is 60.8 Å². The largest absolute Gasteiger partial charge is 0.478 e. The number of benzene rings is 2. The first-order chi connectivity index (χ1) is 15.5. The summed E-state index contributed by atoms with van der Waals surface area (Å²) >= 11 is 0. The topological polar surface area (TPSA) is 88.5 Å². The number of aromatic nitrogens is 1. The second-order valence-electron chi connectivity index (χ2n) is 7.84. The number of carboxylic acids is 1. The van der Waals surface area contributed by atoms with E-state index in [1.165, 1.54) is 43.4 Å². The third-order valence-corrected chi connectivity index (χ3v) is 5.64. The highest BCUT2D eigenvalue weighted by Crippen LogP contribution is 2.35. The molecule has 0 bridgehead atoms. The molecule has 1 amide bonds. The number of halogens is 1. The van der Waals surface area contributed by atoms with Crippen LogP contribution in [0.25, 0.3) is 0 Å². The zero-order chi connectivity index (χ0) is 22.5. The smallest absolute Gasteiger partial charge is 0.335 e.